The largest absolute Gasteiger partial charge is 0.372 e. The lowest BCUT2D eigenvalue weighted by Gasteiger charge is -2.19. The zero-order valence-corrected chi connectivity index (χ0v) is 15.6. The maximum atomic E-state index is 12.9. The third-order valence-corrected chi connectivity index (χ3v) is 5.43. The van der Waals surface area contributed by atoms with Crippen molar-refractivity contribution in [3.63, 3.8) is 0 Å². The first-order chi connectivity index (χ1) is 12.6. The van der Waals surface area contributed by atoms with Crippen LogP contribution < -0.4 is 4.90 Å². The standard InChI is InChI=1S/C21H26N4O/c1-15-13-16(2)23-20(22-15)18-9-12-25(14-18)21(26)17-5-7-19(8-6-17)24-10-3-4-11-24/h5-8,13,18H,3-4,9-12,14H2,1-2H3/t18-/m0/s1. The molecule has 2 aliphatic rings. The molecule has 5 heteroatoms. The van der Waals surface area contributed by atoms with Crippen LogP contribution in [0.4, 0.5) is 5.69 Å². The normalized spacial score (nSPS) is 20.0. The molecule has 0 unspecified atom stereocenters. The number of hydrogen-bond acceptors (Lipinski definition) is 4. The molecule has 1 amide bonds. The van der Waals surface area contributed by atoms with Gasteiger partial charge in [0.2, 0.25) is 0 Å². The molecule has 2 aromatic rings. The van der Waals surface area contributed by atoms with E-state index in [4.69, 9.17) is 0 Å². The quantitative estimate of drug-likeness (QED) is 0.852. The monoisotopic (exact) mass is 350 g/mol. The van der Waals surface area contributed by atoms with Crippen LogP contribution in [0.15, 0.2) is 30.3 Å². The van der Waals surface area contributed by atoms with E-state index in [1.165, 1.54) is 18.5 Å². The molecule has 26 heavy (non-hydrogen) atoms. The average Bonchev–Trinajstić information content (AvgIpc) is 3.32. The highest BCUT2D eigenvalue weighted by atomic mass is 16.2. The minimum absolute atomic E-state index is 0.116. The number of anilines is 1. The van der Waals surface area contributed by atoms with Gasteiger partial charge in [-0.15, -0.1) is 0 Å². The molecule has 1 aromatic carbocycles. The first-order valence-corrected chi connectivity index (χ1v) is 9.56. The Bertz CT molecular complexity index is 776. The zero-order valence-electron chi connectivity index (χ0n) is 15.6. The molecule has 0 aliphatic carbocycles. The van der Waals surface area contributed by atoms with Gasteiger partial charge in [0, 0.05) is 54.7 Å². The molecule has 1 aromatic heterocycles. The SMILES string of the molecule is Cc1cc(C)nc([C@H]2CCN(C(=O)c3ccc(N4CCCC4)cc3)C2)n1. The summed E-state index contributed by atoms with van der Waals surface area (Å²) in [6.07, 6.45) is 3.45. The minimum atomic E-state index is 0.116. The number of hydrogen-bond donors (Lipinski definition) is 0. The highest BCUT2D eigenvalue weighted by Gasteiger charge is 2.30. The predicted octanol–water partition coefficient (Wildman–Crippen LogP) is 3.32. The van der Waals surface area contributed by atoms with Crippen molar-refractivity contribution < 1.29 is 4.79 Å². The van der Waals surface area contributed by atoms with Crippen molar-refractivity contribution in [2.45, 2.75) is 39.0 Å². The van der Waals surface area contributed by atoms with Crippen molar-refractivity contribution in [3.05, 3.63) is 53.1 Å². The molecular formula is C21H26N4O. The van der Waals surface area contributed by atoms with Gasteiger partial charge in [0.25, 0.3) is 5.91 Å². The maximum Gasteiger partial charge on any atom is 0.253 e. The van der Waals surface area contributed by atoms with Gasteiger partial charge < -0.3 is 9.80 Å². The van der Waals surface area contributed by atoms with Crippen LogP contribution in [-0.2, 0) is 0 Å². The Balaban J connectivity index is 1.44. The summed E-state index contributed by atoms with van der Waals surface area (Å²) in [5.41, 5.74) is 3.99. The molecule has 2 saturated heterocycles. The molecule has 2 aliphatic heterocycles. The lowest BCUT2D eigenvalue weighted by molar-refractivity contribution is 0.0790. The van der Waals surface area contributed by atoms with Gasteiger partial charge in [0.05, 0.1) is 0 Å². The Morgan fingerprint density at radius 3 is 2.31 bits per heavy atom. The van der Waals surface area contributed by atoms with Gasteiger partial charge in [0.15, 0.2) is 0 Å². The number of benzene rings is 1. The van der Waals surface area contributed by atoms with Crippen molar-refractivity contribution >= 4 is 11.6 Å². The van der Waals surface area contributed by atoms with Crippen LogP contribution in [0.25, 0.3) is 0 Å². The van der Waals surface area contributed by atoms with Gasteiger partial charge in [-0.2, -0.15) is 0 Å². The van der Waals surface area contributed by atoms with E-state index >= 15 is 0 Å². The molecule has 0 saturated carbocycles. The van der Waals surface area contributed by atoms with Crippen molar-refractivity contribution in [1.82, 2.24) is 14.9 Å². The molecule has 1 atom stereocenters. The Labute approximate surface area is 155 Å². The van der Waals surface area contributed by atoms with E-state index in [1.54, 1.807) is 0 Å². The zero-order chi connectivity index (χ0) is 18.1. The summed E-state index contributed by atoms with van der Waals surface area (Å²) in [4.78, 5) is 26.4. The molecular weight excluding hydrogens is 324 g/mol. The smallest absolute Gasteiger partial charge is 0.253 e. The molecule has 0 radical (unpaired) electrons. The molecule has 5 nitrogen and oxygen atoms in total. The summed E-state index contributed by atoms with van der Waals surface area (Å²) in [6, 6.07) is 10.1. The second kappa shape index (κ2) is 7.06. The summed E-state index contributed by atoms with van der Waals surface area (Å²) in [5, 5.41) is 0. The van der Waals surface area contributed by atoms with Crippen LogP contribution in [-0.4, -0.2) is 47.0 Å². The van der Waals surface area contributed by atoms with E-state index in [-0.39, 0.29) is 11.8 Å². The van der Waals surface area contributed by atoms with Gasteiger partial charge in [-0.1, -0.05) is 0 Å². The van der Waals surface area contributed by atoms with Crippen molar-refractivity contribution in [3.8, 4) is 0 Å². The molecule has 4 rings (SSSR count). The van der Waals surface area contributed by atoms with Crippen molar-refractivity contribution in [2.75, 3.05) is 31.1 Å². The number of rotatable bonds is 3. The second-order valence-corrected chi connectivity index (χ2v) is 7.49. The van der Waals surface area contributed by atoms with Crippen LogP contribution >= 0.6 is 0 Å². The fourth-order valence-corrected chi connectivity index (χ4v) is 4.06. The number of carbonyl (C=O) groups excluding carboxylic acids is 1. The highest BCUT2D eigenvalue weighted by molar-refractivity contribution is 5.94. The van der Waals surface area contributed by atoms with E-state index in [0.29, 0.717) is 6.54 Å². The van der Waals surface area contributed by atoms with Crippen LogP contribution in [0.5, 0.6) is 0 Å². The summed E-state index contributed by atoms with van der Waals surface area (Å²) >= 11 is 0. The Morgan fingerprint density at radius 2 is 1.65 bits per heavy atom. The van der Waals surface area contributed by atoms with Gasteiger partial charge in [0.1, 0.15) is 5.82 Å². The number of nitrogens with zero attached hydrogens (tertiary/aromatic N) is 4. The van der Waals surface area contributed by atoms with Crippen LogP contribution in [0, 0.1) is 13.8 Å². The average molecular weight is 350 g/mol. The number of aromatic nitrogens is 2. The van der Waals surface area contributed by atoms with Crippen molar-refractivity contribution in [1.29, 1.82) is 0 Å². The molecule has 0 spiro atoms. The summed E-state index contributed by atoms with van der Waals surface area (Å²) in [5.74, 6) is 1.23. The minimum Gasteiger partial charge on any atom is -0.372 e. The molecule has 136 valence electrons. The Hall–Kier alpha value is -2.43. The summed E-state index contributed by atoms with van der Waals surface area (Å²) in [7, 11) is 0. The predicted molar refractivity (Wildman–Crippen MR) is 103 cm³/mol. The van der Waals surface area contributed by atoms with Gasteiger partial charge >= 0.3 is 0 Å². The van der Waals surface area contributed by atoms with Gasteiger partial charge in [-0.25, -0.2) is 9.97 Å². The van der Waals surface area contributed by atoms with Crippen LogP contribution in [0.2, 0.25) is 0 Å². The fourth-order valence-electron chi connectivity index (χ4n) is 4.06. The molecule has 0 bridgehead atoms. The van der Waals surface area contributed by atoms with Gasteiger partial charge in [-0.05, 0) is 63.4 Å². The summed E-state index contributed by atoms with van der Waals surface area (Å²) in [6.45, 7) is 7.72. The number of amides is 1. The maximum absolute atomic E-state index is 12.9. The molecule has 3 heterocycles. The molecule has 0 N–H and O–H groups in total. The molecule has 2 fully saturated rings. The highest BCUT2D eigenvalue weighted by Crippen LogP contribution is 2.27. The topological polar surface area (TPSA) is 49.3 Å². The van der Waals surface area contributed by atoms with E-state index in [0.717, 1.165) is 48.8 Å². The number of aryl methyl sites for hydroxylation is 2. The lowest BCUT2D eigenvalue weighted by Crippen LogP contribution is -2.28. The second-order valence-electron chi connectivity index (χ2n) is 7.49. The lowest BCUT2D eigenvalue weighted by atomic mass is 10.1. The Morgan fingerprint density at radius 1 is 1.00 bits per heavy atom. The first-order valence-electron chi connectivity index (χ1n) is 9.56. The van der Waals surface area contributed by atoms with E-state index in [1.807, 2.05) is 36.9 Å². The fraction of sp³-hybridized carbons (Fsp3) is 0.476. The third kappa shape index (κ3) is 3.43. The van der Waals surface area contributed by atoms with Gasteiger partial charge in [-0.3, -0.25) is 4.79 Å². The van der Waals surface area contributed by atoms with Crippen LogP contribution in [0.3, 0.4) is 0 Å². The van der Waals surface area contributed by atoms with Crippen LogP contribution in [0.1, 0.15) is 52.8 Å². The first kappa shape index (κ1) is 17.0. The number of likely N-dealkylation sites (tertiary alicyclic amines) is 1. The third-order valence-electron chi connectivity index (χ3n) is 5.43. The Kier molecular flexibility index (Phi) is 4.62. The van der Waals surface area contributed by atoms with Crippen molar-refractivity contribution in [2.24, 2.45) is 0 Å². The van der Waals surface area contributed by atoms with E-state index in [9.17, 15) is 4.79 Å². The number of carbonyl (C=O) groups is 1. The van der Waals surface area contributed by atoms with E-state index < -0.39 is 0 Å². The summed E-state index contributed by atoms with van der Waals surface area (Å²) < 4.78 is 0. The van der Waals surface area contributed by atoms with E-state index in [2.05, 4.69) is 27.0 Å².